The lowest BCUT2D eigenvalue weighted by Crippen LogP contribution is -2.40. The summed E-state index contributed by atoms with van der Waals surface area (Å²) in [4.78, 5) is 12.8. The van der Waals surface area contributed by atoms with E-state index in [-0.39, 0.29) is 34.7 Å². The van der Waals surface area contributed by atoms with Gasteiger partial charge in [-0.15, -0.1) is 0 Å². The van der Waals surface area contributed by atoms with Gasteiger partial charge >= 0.3 is 0 Å². The Morgan fingerprint density at radius 2 is 1.44 bits per heavy atom. The molecule has 39 heavy (non-hydrogen) atoms. The van der Waals surface area contributed by atoms with Gasteiger partial charge in [0.2, 0.25) is 26.0 Å². The van der Waals surface area contributed by atoms with Gasteiger partial charge in [-0.25, -0.2) is 21.6 Å². The second kappa shape index (κ2) is 12.8. The average Bonchev–Trinajstić information content (AvgIpc) is 2.96. The first-order valence-electron chi connectivity index (χ1n) is 12.7. The van der Waals surface area contributed by atoms with E-state index in [1.54, 1.807) is 55.5 Å². The molecule has 1 saturated heterocycles. The molecule has 0 saturated carbocycles. The average molecular weight is 572 g/mol. The third-order valence-electron chi connectivity index (χ3n) is 6.53. The highest BCUT2D eigenvalue weighted by molar-refractivity contribution is 7.89. The Hall–Kier alpha value is -3.09. The first-order chi connectivity index (χ1) is 18.6. The molecule has 1 aliphatic rings. The lowest BCUT2D eigenvalue weighted by molar-refractivity contribution is -0.121. The van der Waals surface area contributed by atoms with E-state index in [1.807, 2.05) is 30.3 Å². The molecule has 3 aromatic carbocycles. The van der Waals surface area contributed by atoms with E-state index in [9.17, 15) is 21.6 Å². The van der Waals surface area contributed by atoms with Crippen molar-refractivity contribution in [3.05, 3.63) is 95.6 Å². The third-order valence-corrected chi connectivity index (χ3v) is 10.00. The van der Waals surface area contributed by atoms with Crippen LogP contribution in [0.1, 0.15) is 36.1 Å². The van der Waals surface area contributed by atoms with Crippen molar-refractivity contribution >= 4 is 26.0 Å². The van der Waals surface area contributed by atoms with Crippen molar-refractivity contribution in [2.75, 3.05) is 26.3 Å². The molecule has 208 valence electrons. The van der Waals surface area contributed by atoms with E-state index in [4.69, 9.17) is 4.74 Å². The Kier molecular flexibility index (Phi) is 9.52. The van der Waals surface area contributed by atoms with Crippen LogP contribution >= 0.6 is 0 Å². The molecular formula is C28H33N3O6S2. The molecule has 1 heterocycles. The summed E-state index contributed by atoms with van der Waals surface area (Å²) < 4.78 is 60.3. The van der Waals surface area contributed by atoms with Crippen molar-refractivity contribution in [3.8, 4) is 0 Å². The molecule has 0 aromatic heterocycles. The summed E-state index contributed by atoms with van der Waals surface area (Å²) in [5.41, 5.74) is 2.51. The number of hydrogen-bond donors (Lipinski definition) is 2. The number of carbonyl (C=O) groups excluding carboxylic acids is 1. The maximum Gasteiger partial charge on any atom is 0.243 e. The standard InChI is InChI=1S/C28H33N3O6S2/c1-22(25-5-3-2-4-6-25)30-38(33,34)26-12-7-23(8-13-26)11-16-28(32)29-21-24-9-14-27(15-10-24)39(35,36)31-17-19-37-20-18-31/h2-10,12-15,22,30H,11,16-21H2,1H3,(H,29,32)/t22-/m0/s1. The number of benzene rings is 3. The third kappa shape index (κ3) is 7.74. The van der Waals surface area contributed by atoms with E-state index in [1.165, 1.54) is 4.31 Å². The van der Waals surface area contributed by atoms with Crippen LogP contribution in [0.15, 0.2) is 88.7 Å². The largest absolute Gasteiger partial charge is 0.379 e. The van der Waals surface area contributed by atoms with E-state index in [2.05, 4.69) is 10.0 Å². The fraction of sp³-hybridized carbons (Fsp3) is 0.321. The van der Waals surface area contributed by atoms with Crippen LogP contribution in [0.2, 0.25) is 0 Å². The fourth-order valence-electron chi connectivity index (χ4n) is 4.21. The van der Waals surface area contributed by atoms with Gasteiger partial charge in [0.1, 0.15) is 0 Å². The van der Waals surface area contributed by atoms with Gasteiger partial charge in [-0.05, 0) is 54.3 Å². The molecule has 0 bridgehead atoms. The Balaban J connectivity index is 1.24. The summed E-state index contributed by atoms with van der Waals surface area (Å²) in [6.45, 7) is 3.52. The van der Waals surface area contributed by atoms with Gasteiger partial charge < -0.3 is 10.1 Å². The molecule has 0 unspecified atom stereocenters. The number of aryl methyl sites for hydroxylation is 1. The van der Waals surface area contributed by atoms with Crippen LogP contribution in [0.25, 0.3) is 0 Å². The van der Waals surface area contributed by atoms with Gasteiger partial charge in [0.15, 0.2) is 0 Å². The molecule has 0 spiro atoms. The summed E-state index contributed by atoms with van der Waals surface area (Å²) in [6.07, 6.45) is 0.690. The summed E-state index contributed by atoms with van der Waals surface area (Å²) in [7, 11) is -7.25. The summed E-state index contributed by atoms with van der Waals surface area (Å²) in [5, 5.41) is 2.84. The Morgan fingerprint density at radius 3 is 2.08 bits per heavy atom. The summed E-state index contributed by atoms with van der Waals surface area (Å²) in [6, 6.07) is 22.0. The smallest absolute Gasteiger partial charge is 0.243 e. The van der Waals surface area contributed by atoms with E-state index < -0.39 is 20.0 Å². The fourth-order valence-corrected chi connectivity index (χ4v) is 6.85. The minimum absolute atomic E-state index is 0.157. The van der Waals surface area contributed by atoms with Gasteiger partial charge in [-0.3, -0.25) is 4.79 Å². The molecule has 2 N–H and O–H groups in total. The van der Waals surface area contributed by atoms with Crippen LogP contribution in [0.5, 0.6) is 0 Å². The number of amides is 1. The maximum atomic E-state index is 12.8. The minimum atomic E-state index is -3.69. The van der Waals surface area contributed by atoms with Gasteiger partial charge in [0, 0.05) is 32.1 Å². The van der Waals surface area contributed by atoms with Crippen LogP contribution in [0, 0.1) is 0 Å². The highest BCUT2D eigenvalue weighted by Crippen LogP contribution is 2.19. The van der Waals surface area contributed by atoms with Gasteiger partial charge in [0.05, 0.1) is 23.0 Å². The van der Waals surface area contributed by atoms with Gasteiger partial charge in [0.25, 0.3) is 0 Å². The minimum Gasteiger partial charge on any atom is -0.379 e. The number of rotatable bonds is 11. The van der Waals surface area contributed by atoms with Crippen LogP contribution in [0.4, 0.5) is 0 Å². The Labute approximate surface area is 230 Å². The molecular weight excluding hydrogens is 538 g/mol. The van der Waals surface area contributed by atoms with Crippen LogP contribution in [0.3, 0.4) is 0 Å². The van der Waals surface area contributed by atoms with Crippen molar-refractivity contribution in [1.29, 1.82) is 0 Å². The van der Waals surface area contributed by atoms with Gasteiger partial charge in [-0.1, -0.05) is 54.6 Å². The summed E-state index contributed by atoms with van der Waals surface area (Å²) >= 11 is 0. The lowest BCUT2D eigenvalue weighted by Gasteiger charge is -2.26. The van der Waals surface area contributed by atoms with E-state index >= 15 is 0 Å². The predicted octanol–water partition coefficient (Wildman–Crippen LogP) is 3.00. The Morgan fingerprint density at radius 1 is 0.846 bits per heavy atom. The normalized spacial score (nSPS) is 15.5. The zero-order valence-electron chi connectivity index (χ0n) is 21.7. The van der Waals surface area contributed by atoms with Crippen molar-refractivity contribution in [3.63, 3.8) is 0 Å². The van der Waals surface area contributed by atoms with Crippen LogP contribution < -0.4 is 10.0 Å². The molecule has 0 aliphatic carbocycles. The topological polar surface area (TPSA) is 122 Å². The predicted molar refractivity (Wildman–Crippen MR) is 148 cm³/mol. The van der Waals surface area contributed by atoms with E-state index in [0.29, 0.717) is 32.7 Å². The van der Waals surface area contributed by atoms with Gasteiger partial charge in [-0.2, -0.15) is 4.31 Å². The van der Waals surface area contributed by atoms with Crippen molar-refractivity contribution in [1.82, 2.24) is 14.3 Å². The maximum absolute atomic E-state index is 12.8. The first kappa shape index (κ1) is 28.9. The molecule has 1 aliphatic heterocycles. The molecule has 1 amide bonds. The number of nitrogens with one attached hydrogen (secondary N) is 2. The second-order valence-corrected chi connectivity index (χ2v) is 13.0. The molecule has 4 rings (SSSR count). The number of nitrogens with zero attached hydrogens (tertiary/aromatic N) is 1. The highest BCUT2D eigenvalue weighted by Gasteiger charge is 2.26. The second-order valence-electron chi connectivity index (χ2n) is 9.33. The first-order valence-corrected chi connectivity index (χ1v) is 15.7. The molecule has 3 aromatic rings. The monoisotopic (exact) mass is 571 g/mol. The molecule has 11 heteroatoms. The van der Waals surface area contributed by atoms with Crippen molar-refractivity contribution in [2.45, 2.75) is 42.1 Å². The number of carbonyl (C=O) groups is 1. The van der Waals surface area contributed by atoms with Crippen molar-refractivity contribution in [2.24, 2.45) is 0 Å². The Bertz CT molecular complexity index is 1450. The molecule has 0 radical (unpaired) electrons. The number of sulfonamides is 2. The van der Waals surface area contributed by atoms with E-state index in [0.717, 1.165) is 16.7 Å². The van der Waals surface area contributed by atoms with Crippen LogP contribution in [-0.4, -0.2) is 53.4 Å². The number of morpholine rings is 1. The zero-order valence-corrected chi connectivity index (χ0v) is 23.4. The number of hydrogen-bond acceptors (Lipinski definition) is 6. The number of ether oxygens (including phenoxy) is 1. The zero-order chi connectivity index (χ0) is 27.9. The molecule has 9 nitrogen and oxygen atoms in total. The molecule has 1 fully saturated rings. The summed E-state index contributed by atoms with van der Waals surface area (Å²) in [5.74, 6) is -0.157. The van der Waals surface area contributed by atoms with Crippen LogP contribution in [-0.2, 0) is 42.5 Å². The highest BCUT2D eigenvalue weighted by atomic mass is 32.2. The molecule has 1 atom stereocenters. The van der Waals surface area contributed by atoms with Crippen molar-refractivity contribution < 1.29 is 26.4 Å². The quantitative estimate of drug-likeness (QED) is 0.365. The lowest BCUT2D eigenvalue weighted by atomic mass is 10.1. The SMILES string of the molecule is C[C@H](NS(=O)(=O)c1ccc(CCC(=O)NCc2ccc(S(=O)(=O)N3CCOCC3)cc2)cc1)c1ccccc1.